The molecular weight excluding hydrogens is 369 g/mol. The maximum absolute atomic E-state index is 13.4. The lowest BCUT2D eigenvalue weighted by Crippen LogP contribution is -2.45. The van der Waals surface area contributed by atoms with Crippen LogP contribution < -0.4 is 10.2 Å². The highest BCUT2D eigenvalue weighted by atomic mass is 19.4. The van der Waals surface area contributed by atoms with E-state index in [4.69, 9.17) is 4.74 Å². The van der Waals surface area contributed by atoms with Crippen LogP contribution in [0.3, 0.4) is 0 Å². The van der Waals surface area contributed by atoms with Gasteiger partial charge in [0.1, 0.15) is 11.9 Å². The zero-order valence-corrected chi connectivity index (χ0v) is 15.6. The van der Waals surface area contributed by atoms with Gasteiger partial charge in [0, 0.05) is 25.7 Å². The smallest absolute Gasteiger partial charge is 0.366 e. The SMILES string of the molecule is CCNc1nc(N2C[C@@H](c3ccccc3)O[C@@H](C3CC3)C2)cc(C(F)(F)F)n1. The predicted molar refractivity (Wildman–Crippen MR) is 100 cm³/mol. The van der Waals surface area contributed by atoms with E-state index in [1.807, 2.05) is 35.2 Å². The van der Waals surface area contributed by atoms with Crippen molar-refractivity contribution in [3.8, 4) is 0 Å². The third-order valence-corrected chi connectivity index (χ3v) is 5.11. The van der Waals surface area contributed by atoms with Crippen molar-refractivity contribution in [3.05, 3.63) is 47.7 Å². The van der Waals surface area contributed by atoms with Gasteiger partial charge in [0.25, 0.3) is 0 Å². The van der Waals surface area contributed by atoms with E-state index >= 15 is 0 Å². The molecule has 1 aliphatic carbocycles. The third-order valence-electron chi connectivity index (χ3n) is 5.11. The van der Waals surface area contributed by atoms with Crippen LogP contribution in [0.4, 0.5) is 24.9 Å². The molecule has 1 N–H and O–H groups in total. The number of nitrogens with one attached hydrogen (secondary N) is 1. The van der Waals surface area contributed by atoms with Gasteiger partial charge in [-0.3, -0.25) is 0 Å². The van der Waals surface area contributed by atoms with Gasteiger partial charge in [-0.15, -0.1) is 0 Å². The molecule has 0 amide bonds. The third kappa shape index (κ3) is 4.22. The van der Waals surface area contributed by atoms with E-state index in [-0.39, 0.29) is 24.0 Å². The molecule has 2 fully saturated rings. The van der Waals surface area contributed by atoms with Crippen molar-refractivity contribution >= 4 is 11.8 Å². The van der Waals surface area contributed by atoms with E-state index in [0.29, 0.717) is 25.6 Å². The minimum Gasteiger partial charge on any atom is -0.366 e. The molecule has 1 aromatic carbocycles. The lowest BCUT2D eigenvalue weighted by Gasteiger charge is -2.39. The van der Waals surface area contributed by atoms with Crippen molar-refractivity contribution in [2.45, 2.75) is 38.1 Å². The van der Waals surface area contributed by atoms with E-state index in [2.05, 4.69) is 15.3 Å². The fraction of sp³-hybridized carbons (Fsp3) is 0.500. The van der Waals surface area contributed by atoms with Crippen LogP contribution in [-0.2, 0) is 10.9 Å². The van der Waals surface area contributed by atoms with E-state index < -0.39 is 11.9 Å². The van der Waals surface area contributed by atoms with Crippen LogP contribution in [0.1, 0.15) is 37.1 Å². The number of benzene rings is 1. The summed E-state index contributed by atoms with van der Waals surface area (Å²) in [4.78, 5) is 9.88. The summed E-state index contributed by atoms with van der Waals surface area (Å²) in [6, 6.07) is 10.8. The van der Waals surface area contributed by atoms with Crippen molar-refractivity contribution in [1.29, 1.82) is 0 Å². The molecule has 1 aliphatic heterocycles. The molecule has 2 atom stereocenters. The van der Waals surface area contributed by atoms with Crippen LogP contribution in [0.15, 0.2) is 36.4 Å². The number of anilines is 2. The molecule has 28 heavy (non-hydrogen) atoms. The van der Waals surface area contributed by atoms with Crippen molar-refractivity contribution in [2.24, 2.45) is 5.92 Å². The number of rotatable bonds is 5. The molecule has 0 spiro atoms. The monoisotopic (exact) mass is 392 g/mol. The minimum atomic E-state index is -4.52. The standard InChI is InChI=1S/C20H23F3N4O/c1-2-24-19-25-17(20(21,22)23)10-18(26-19)27-11-15(13-6-4-3-5-7-13)28-16(12-27)14-8-9-14/h3-7,10,14-16H,2,8-9,11-12H2,1H3,(H,24,25,26)/t15-,16+/m0/s1. The van der Waals surface area contributed by atoms with Gasteiger partial charge in [0.05, 0.1) is 6.10 Å². The second kappa shape index (κ2) is 7.58. The van der Waals surface area contributed by atoms with Crippen LogP contribution in [0.2, 0.25) is 0 Å². The second-order valence-corrected chi connectivity index (χ2v) is 7.28. The molecule has 5 nitrogen and oxygen atoms in total. The molecule has 0 radical (unpaired) electrons. The second-order valence-electron chi connectivity index (χ2n) is 7.28. The summed E-state index contributed by atoms with van der Waals surface area (Å²) < 4.78 is 46.4. The number of halogens is 3. The van der Waals surface area contributed by atoms with Crippen molar-refractivity contribution in [1.82, 2.24) is 9.97 Å². The highest BCUT2D eigenvalue weighted by Crippen LogP contribution is 2.40. The first-order valence-electron chi connectivity index (χ1n) is 9.59. The maximum Gasteiger partial charge on any atom is 0.433 e. The highest BCUT2D eigenvalue weighted by Gasteiger charge is 2.40. The molecule has 2 aromatic rings. The Kier molecular flexibility index (Phi) is 5.14. The van der Waals surface area contributed by atoms with Crippen LogP contribution >= 0.6 is 0 Å². The molecule has 1 saturated carbocycles. The number of nitrogens with zero attached hydrogens (tertiary/aromatic N) is 3. The van der Waals surface area contributed by atoms with Crippen molar-refractivity contribution in [3.63, 3.8) is 0 Å². The Labute approximate surface area is 161 Å². The first-order valence-corrected chi connectivity index (χ1v) is 9.59. The fourth-order valence-electron chi connectivity index (χ4n) is 3.53. The fourth-order valence-corrected chi connectivity index (χ4v) is 3.53. The average Bonchev–Trinajstić information content (AvgIpc) is 3.53. The summed E-state index contributed by atoms with van der Waals surface area (Å²) in [5.74, 6) is 0.748. The molecule has 1 aromatic heterocycles. The summed E-state index contributed by atoms with van der Waals surface area (Å²) in [5.41, 5.74) is 0.0917. The van der Waals surface area contributed by atoms with Gasteiger partial charge in [-0.2, -0.15) is 18.2 Å². The Bertz CT molecular complexity index is 811. The summed E-state index contributed by atoms with van der Waals surface area (Å²) in [6.07, 6.45) is -2.54. The lowest BCUT2D eigenvalue weighted by atomic mass is 10.0. The van der Waals surface area contributed by atoms with E-state index in [0.717, 1.165) is 24.5 Å². The number of hydrogen-bond acceptors (Lipinski definition) is 5. The van der Waals surface area contributed by atoms with E-state index in [1.165, 1.54) is 0 Å². The molecule has 1 saturated heterocycles. The molecule has 4 rings (SSSR count). The summed E-state index contributed by atoms with van der Waals surface area (Å²) in [7, 11) is 0. The lowest BCUT2D eigenvalue weighted by molar-refractivity contribution is -0.141. The van der Waals surface area contributed by atoms with Gasteiger partial charge in [-0.1, -0.05) is 30.3 Å². The maximum atomic E-state index is 13.4. The van der Waals surface area contributed by atoms with Gasteiger partial charge in [-0.05, 0) is 31.2 Å². The number of morpholine rings is 1. The van der Waals surface area contributed by atoms with Crippen LogP contribution in [-0.4, -0.2) is 35.7 Å². The zero-order valence-electron chi connectivity index (χ0n) is 15.6. The number of alkyl halides is 3. The predicted octanol–water partition coefficient (Wildman–Crippen LogP) is 4.28. The average molecular weight is 392 g/mol. The number of ether oxygens (including phenoxy) is 1. The number of hydrogen-bond donors (Lipinski definition) is 1. The Morgan fingerprint density at radius 3 is 2.54 bits per heavy atom. The van der Waals surface area contributed by atoms with E-state index in [9.17, 15) is 13.2 Å². The van der Waals surface area contributed by atoms with Gasteiger partial charge >= 0.3 is 6.18 Å². The first kappa shape index (κ1) is 19.0. The zero-order chi connectivity index (χ0) is 19.7. The van der Waals surface area contributed by atoms with Gasteiger partial charge in [0.15, 0.2) is 5.69 Å². The number of aromatic nitrogens is 2. The van der Waals surface area contributed by atoms with Gasteiger partial charge in [-0.25, -0.2) is 4.98 Å². The van der Waals surface area contributed by atoms with Gasteiger partial charge in [0.2, 0.25) is 5.95 Å². The largest absolute Gasteiger partial charge is 0.433 e. The molecule has 0 unspecified atom stereocenters. The van der Waals surface area contributed by atoms with Crippen LogP contribution in [0.5, 0.6) is 0 Å². The molecule has 2 aliphatic rings. The molecular formula is C20H23F3N4O. The van der Waals surface area contributed by atoms with Gasteiger partial charge < -0.3 is 15.0 Å². The minimum absolute atomic E-state index is 0.00181. The molecule has 8 heteroatoms. The topological polar surface area (TPSA) is 50.3 Å². The van der Waals surface area contributed by atoms with Crippen LogP contribution in [0, 0.1) is 5.92 Å². The molecule has 0 bridgehead atoms. The van der Waals surface area contributed by atoms with Crippen molar-refractivity contribution < 1.29 is 17.9 Å². The Hall–Kier alpha value is -2.35. The van der Waals surface area contributed by atoms with E-state index in [1.54, 1.807) is 6.92 Å². The summed E-state index contributed by atoms with van der Waals surface area (Å²) >= 11 is 0. The molecule has 150 valence electrons. The normalized spacial score (nSPS) is 22.9. The Morgan fingerprint density at radius 2 is 1.89 bits per heavy atom. The van der Waals surface area contributed by atoms with Crippen LogP contribution in [0.25, 0.3) is 0 Å². The quantitative estimate of drug-likeness (QED) is 0.823. The van der Waals surface area contributed by atoms with Crippen molar-refractivity contribution in [2.75, 3.05) is 29.9 Å². The highest BCUT2D eigenvalue weighted by molar-refractivity contribution is 5.47. The molecule has 2 heterocycles. The first-order chi connectivity index (χ1) is 13.4. The summed E-state index contributed by atoms with van der Waals surface area (Å²) in [6.45, 7) is 3.23. The summed E-state index contributed by atoms with van der Waals surface area (Å²) in [5, 5.41) is 2.81. The Balaban J connectivity index is 1.67. The Morgan fingerprint density at radius 1 is 1.14 bits per heavy atom.